The Hall–Kier alpha value is -0.795. The number of benzene rings is 1. The normalized spacial score (nSPS) is 12.9. The zero-order valence-electron chi connectivity index (χ0n) is 12.3. The van der Waals surface area contributed by atoms with Crippen LogP contribution in [0, 0.1) is 0 Å². The minimum Gasteiger partial charge on any atom is -0.427 e. The Morgan fingerprint density at radius 3 is 1.94 bits per heavy atom. The minimum atomic E-state index is -0.888. The molecule has 0 amide bonds. The van der Waals surface area contributed by atoms with Gasteiger partial charge in [-0.2, -0.15) is 0 Å². The molecule has 0 aliphatic rings. The van der Waals surface area contributed by atoms with Gasteiger partial charge in [-0.05, 0) is 39.2 Å². The third-order valence-electron chi connectivity index (χ3n) is 3.57. The van der Waals surface area contributed by atoms with E-state index in [1.165, 1.54) is 5.56 Å². The minimum absolute atomic E-state index is 0.535. The summed E-state index contributed by atoms with van der Waals surface area (Å²) in [6, 6.07) is 8.29. The maximum atomic E-state index is 10.00. The third-order valence-corrected chi connectivity index (χ3v) is 3.57. The molecule has 3 heteroatoms. The number of hydrogen-bond acceptors (Lipinski definition) is 2. The van der Waals surface area contributed by atoms with Crippen molar-refractivity contribution in [1.82, 2.24) is 0 Å². The standard InChI is InChI=1S/C15H24BO2/c1-11(2)12-7-9-13(10-8-12)16-18-15(5,6)14(3,4)17/h7-11,17H,1-6H3. The molecule has 0 aliphatic carbocycles. The van der Waals surface area contributed by atoms with Crippen LogP contribution in [0.15, 0.2) is 24.3 Å². The van der Waals surface area contributed by atoms with E-state index < -0.39 is 11.2 Å². The smallest absolute Gasteiger partial charge is 0.330 e. The Balaban J connectivity index is 2.64. The van der Waals surface area contributed by atoms with Crippen molar-refractivity contribution in [1.29, 1.82) is 0 Å². The van der Waals surface area contributed by atoms with Gasteiger partial charge in [-0.3, -0.25) is 0 Å². The van der Waals surface area contributed by atoms with Gasteiger partial charge in [0.05, 0.1) is 11.2 Å². The Kier molecular flexibility index (Phi) is 4.63. The van der Waals surface area contributed by atoms with Crippen LogP contribution in [0.25, 0.3) is 0 Å². The molecule has 0 aromatic heterocycles. The molecule has 0 saturated carbocycles. The van der Waals surface area contributed by atoms with Gasteiger partial charge in [0, 0.05) is 0 Å². The van der Waals surface area contributed by atoms with Gasteiger partial charge in [-0.25, -0.2) is 0 Å². The van der Waals surface area contributed by atoms with E-state index in [-0.39, 0.29) is 0 Å². The number of hydrogen-bond donors (Lipinski definition) is 1. The van der Waals surface area contributed by atoms with Crippen LogP contribution in [0.3, 0.4) is 0 Å². The van der Waals surface area contributed by atoms with Gasteiger partial charge in [0.25, 0.3) is 0 Å². The molecular formula is C15H24BO2. The first-order valence-electron chi connectivity index (χ1n) is 6.47. The molecule has 0 spiro atoms. The summed E-state index contributed by atoms with van der Waals surface area (Å²) < 4.78 is 5.71. The molecule has 0 heterocycles. The Bertz CT molecular complexity index is 374. The van der Waals surface area contributed by atoms with Gasteiger partial charge in [0.2, 0.25) is 0 Å². The van der Waals surface area contributed by atoms with Crippen LogP contribution < -0.4 is 5.46 Å². The maximum absolute atomic E-state index is 10.00. The maximum Gasteiger partial charge on any atom is 0.330 e. The lowest BCUT2D eigenvalue weighted by Gasteiger charge is -2.37. The SMILES string of the molecule is CC(C)c1ccc([B]OC(C)(C)C(C)(C)O)cc1. The van der Waals surface area contributed by atoms with E-state index in [2.05, 4.69) is 26.0 Å². The van der Waals surface area contributed by atoms with Crippen molar-refractivity contribution in [2.75, 3.05) is 0 Å². The summed E-state index contributed by atoms with van der Waals surface area (Å²) in [5, 5.41) is 10.00. The summed E-state index contributed by atoms with van der Waals surface area (Å²) >= 11 is 0. The highest BCUT2D eigenvalue weighted by molar-refractivity contribution is 6.47. The summed E-state index contributed by atoms with van der Waals surface area (Å²) in [5.74, 6) is 0.535. The average molecular weight is 247 g/mol. The second-order valence-electron chi connectivity index (χ2n) is 6.13. The van der Waals surface area contributed by atoms with E-state index in [1.54, 1.807) is 21.3 Å². The fraction of sp³-hybridized carbons (Fsp3) is 0.600. The highest BCUT2D eigenvalue weighted by Gasteiger charge is 2.35. The second-order valence-corrected chi connectivity index (χ2v) is 6.13. The van der Waals surface area contributed by atoms with Crippen LogP contribution in [-0.2, 0) is 4.65 Å². The zero-order valence-corrected chi connectivity index (χ0v) is 12.3. The first-order chi connectivity index (χ1) is 8.13. The summed E-state index contributed by atoms with van der Waals surface area (Å²) in [4.78, 5) is 0. The van der Waals surface area contributed by atoms with Gasteiger partial charge in [0.15, 0.2) is 0 Å². The van der Waals surface area contributed by atoms with E-state index in [4.69, 9.17) is 4.65 Å². The molecule has 1 aromatic rings. The molecule has 0 unspecified atom stereocenters. The molecule has 99 valence electrons. The molecule has 18 heavy (non-hydrogen) atoms. The molecular weight excluding hydrogens is 223 g/mol. The molecule has 1 rings (SSSR count). The fourth-order valence-electron chi connectivity index (χ4n) is 1.32. The molecule has 0 atom stereocenters. The number of aliphatic hydroxyl groups is 1. The zero-order chi connectivity index (χ0) is 14.0. The largest absolute Gasteiger partial charge is 0.427 e. The van der Waals surface area contributed by atoms with Crippen molar-refractivity contribution in [3.8, 4) is 0 Å². The summed E-state index contributed by atoms with van der Waals surface area (Å²) in [6.07, 6.45) is 0. The predicted octanol–water partition coefficient (Wildman–Crippen LogP) is 2.62. The highest BCUT2D eigenvalue weighted by atomic mass is 16.5. The lowest BCUT2D eigenvalue weighted by atomic mass is 9.82. The molecule has 0 fully saturated rings. The Morgan fingerprint density at radius 2 is 1.56 bits per heavy atom. The lowest BCUT2D eigenvalue weighted by molar-refractivity contribution is -0.0893. The van der Waals surface area contributed by atoms with Gasteiger partial charge in [-0.15, -0.1) is 0 Å². The van der Waals surface area contributed by atoms with Crippen molar-refractivity contribution in [2.24, 2.45) is 0 Å². The quantitative estimate of drug-likeness (QED) is 0.810. The van der Waals surface area contributed by atoms with Crippen LogP contribution in [-0.4, -0.2) is 23.8 Å². The fourth-order valence-corrected chi connectivity index (χ4v) is 1.32. The van der Waals surface area contributed by atoms with Crippen molar-refractivity contribution in [3.63, 3.8) is 0 Å². The van der Waals surface area contributed by atoms with Crippen molar-refractivity contribution < 1.29 is 9.76 Å². The van der Waals surface area contributed by atoms with E-state index in [0.29, 0.717) is 5.92 Å². The first-order valence-corrected chi connectivity index (χ1v) is 6.47. The molecule has 1 N–H and O–H groups in total. The van der Waals surface area contributed by atoms with E-state index in [0.717, 1.165) is 5.46 Å². The van der Waals surface area contributed by atoms with Gasteiger partial charge in [-0.1, -0.05) is 43.6 Å². The first kappa shape index (κ1) is 15.3. The Labute approximate surface area is 112 Å². The Morgan fingerprint density at radius 1 is 1.06 bits per heavy atom. The molecule has 0 aliphatic heterocycles. The molecule has 2 nitrogen and oxygen atoms in total. The summed E-state index contributed by atoms with van der Waals surface area (Å²) in [7, 11) is 1.71. The summed E-state index contributed by atoms with van der Waals surface area (Å²) in [5.41, 5.74) is 0.816. The van der Waals surface area contributed by atoms with Crippen LogP contribution in [0.4, 0.5) is 0 Å². The van der Waals surface area contributed by atoms with Crippen LogP contribution in [0.5, 0.6) is 0 Å². The van der Waals surface area contributed by atoms with Crippen LogP contribution in [0.1, 0.15) is 53.0 Å². The van der Waals surface area contributed by atoms with E-state index in [1.807, 2.05) is 26.0 Å². The van der Waals surface area contributed by atoms with Crippen molar-refractivity contribution >= 4 is 12.9 Å². The van der Waals surface area contributed by atoms with Crippen molar-refractivity contribution in [2.45, 2.75) is 58.7 Å². The average Bonchev–Trinajstić information content (AvgIpc) is 2.25. The van der Waals surface area contributed by atoms with E-state index in [9.17, 15) is 5.11 Å². The van der Waals surface area contributed by atoms with Gasteiger partial charge in [0.1, 0.15) is 0 Å². The molecule has 0 bridgehead atoms. The second kappa shape index (κ2) is 5.46. The van der Waals surface area contributed by atoms with Crippen molar-refractivity contribution in [3.05, 3.63) is 29.8 Å². The molecule has 1 radical (unpaired) electrons. The van der Waals surface area contributed by atoms with Gasteiger partial charge < -0.3 is 9.76 Å². The molecule has 1 aromatic carbocycles. The lowest BCUT2D eigenvalue weighted by Crippen LogP contribution is -2.49. The summed E-state index contributed by atoms with van der Waals surface area (Å²) in [6.45, 7) is 11.6. The van der Waals surface area contributed by atoms with Gasteiger partial charge >= 0.3 is 7.48 Å². The molecule has 0 saturated heterocycles. The monoisotopic (exact) mass is 247 g/mol. The topological polar surface area (TPSA) is 29.5 Å². The van der Waals surface area contributed by atoms with Crippen LogP contribution >= 0.6 is 0 Å². The number of rotatable bonds is 5. The van der Waals surface area contributed by atoms with Crippen LogP contribution in [0.2, 0.25) is 0 Å². The highest BCUT2D eigenvalue weighted by Crippen LogP contribution is 2.24. The third kappa shape index (κ3) is 3.86. The predicted molar refractivity (Wildman–Crippen MR) is 77.4 cm³/mol. The van der Waals surface area contributed by atoms with E-state index >= 15 is 0 Å².